The maximum absolute atomic E-state index is 5.83. The third-order valence-electron chi connectivity index (χ3n) is 3.17. The number of oxazole rings is 1. The van der Waals surface area contributed by atoms with E-state index in [1.54, 1.807) is 0 Å². The van der Waals surface area contributed by atoms with Crippen LogP contribution in [0.25, 0.3) is 11.1 Å². The summed E-state index contributed by atoms with van der Waals surface area (Å²) in [7, 11) is 0. The van der Waals surface area contributed by atoms with Gasteiger partial charge >= 0.3 is 0 Å². The Labute approximate surface area is 107 Å². The molecule has 1 aromatic carbocycles. The van der Waals surface area contributed by atoms with Crippen molar-refractivity contribution in [2.45, 2.75) is 31.6 Å². The smallest absolute Gasteiger partial charge is 0.198 e. The van der Waals surface area contributed by atoms with Gasteiger partial charge in [-0.15, -0.1) is 0 Å². The quantitative estimate of drug-likeness (QED) is 0.787. The fraction of sp³-hybridized carbons (Fsp3) is 0.500. The van der Waals surface area contributed by atoms with Crippen molar-refractivity contribution in [2.75, 3.05) is 13.1 Å². The second-order valence-corrected chi connectivity index (χ2v) is 4.58. The zero-order valence-electron chi connectivity index (χ0n) is 10.6. The molecular weight excluding hydrogens is 226 g/mol. The van der Waals surface area contributed by atoms with Gasteiger partial charge in [-0.1, -0.05) is 12.1 Å². The Morgan fingerprint density at radius 1 is 1.06 bits per heavy atom. The van der Waals surface area contributed by atoms with Crippen molar-refractivity contribution in [1.82, 2.24) is 4.98 Å². The van der Waals surface area contributed by atoms with Gasteiger partial charge in [0.25, 0.3) is 0 Å². The molecule has 0 spiro atoms. The van der Waals surface area contributed by atoms with Crippen molar-refractivity contribution in [2.24, 2.45) is 11.5 Å². The highest BCUT2D eigenvalue weighted by Gasteiger charge is 2.17. The first-order valence-electron chi connectivity index (χ1n) is 6.60. The van der Waals surface area contributed by atoms with Crippen LogP contribution in [-0.2, 0) is 0 Å². The van der Waals surface area contributed by atoms with Crippen molar-refractivity contribution >= 4 is 11.1 Å². The van der Waals surface area contributed by atoms with Crippen LogP contribution in [0.5, 0.6) is 0 Å². The minimum absolute atomic E-state index is 0.337. The molecule has 1 heterocycles. The van der Waals surface area contributed by atoms with Gasteiger partial charge in [0.05, 0.1) is 0 Å². The Kier molecular flexibility index (Phi) is 4.73. The van der Waals surface area contributed by atoms with Crippen molar-refractivity contribution in [3.63, 3.8) is 0 Å². The van der Waals surface area contributed by atoms with E-state index in [1.165, 1.54) is 0 Å². The normalized spacial score (nSPS) is 11.5. The molecule has 0 aliphatic heterocycles. The largest absolute Gasteiger partial charge is 0.440 e. The molecule has 4 N–H and O–H groups in total. The zero-order valence-corrected chi connectivity index (χ0v) is 10.6. The van der Waals surface area contributed by atoms with Crippen molar-refractivity contribution < 1.29 is 4.42 Å². The molecule has 98 valence electrons. The molecule has 0 radical (unpaired) electrons. The van der Waals surface area contributed by atoms with Gasteiger partial charge in [-0.25, -0.2) is 4.98 Å². The molecule has 0 amide bonds. The first kappa shape index (κ1) is 13.1. The summed E-state index contributed by atoms with van der Waals surface area (Å²) in [4.78, 5) is 4.57. The molecule has 18 heavy (non-hydrogen) atoms. The van der Waals surface area contributed by atoms with Crippen molar-refractivity contribution in [3.05, 3.63) is 30.2 Å². The van der Waals surface area contributed by atoms with Crippen LogP contribution in [0.3, 0.4) is 0 Å². The summed E-state index contributed by atoms with van der Waals surface area (Å²) in [5.74, 6) is 1.17. The van der Waals surface area contributed by atoms with E-state index in [4.69, 9.17) is 15.9 Å². The minimum Gasteiger partial charge on any atom is -0.440 e. The average Bonchev–Trinajstić information content (AvgIpc) is 2.82. The fourth-order valence-corrected chi connectivity index (χ4v) is 2.18. The van der Waals surface area contributed by atoms with E-state index >= 15 is 0 Å². The lowest BCUT2D eigenvalue weighted by molar-refractivity contribution is 0.422. The number of rotatable bonds is 7. The van der Waals surface area contributed by atoms with Gasteiger partial charge in [0.1, 0.15) is 5.52 Å². The van der Waals surface area contributed by atoms with Gasteiger partial charge in [-0.3, -0.25) is 0 Å². The number of nitrogens with zero attached hydrogens (tertiary/aromatic N) is 1. The Bertz CT molecular complexity index is 440. The van der Waals surface area contributed by atoms with Crippen LogP contribution < -0.4 is 11.5 Å². The molecule has 4 nitrogen and oxygen atoms in total. The molecule has 2 rings (SSSR count). The van der Waals surface area contributed by atoms with Crippen LogP contribution in [0, 0.1) is 0 Å². The lowest BCUT2D eigenvalue weighted by atomic mass is 9.97. The van der Waals surface area contributed by atoms with Gasteiger partial charge in [-0.2, -0.15) is 0 Å². The van der Waals surface area contributed by atoms with Crippen molar-refractivity contribution in [1.29, 1.82) is 0 Å². The predicted octanol–water partition coefficient (Wildman–Crippen LogP) is 2.39. The monoisotopic (exact) mass is 247 g/mol. The van der Waals surface area contributed by atoms with Crippen LogP contribution in [0.1, 0.15) is 37.5 Å². The molecule has 1 aromatic heterocycles. The number of fused-ring (bicyclic) bond motifs is 1. The number of nitrogens with two attached hydrogens (primary N) is 2. The van der Waals surface area contributed by atoms with Crippen LogP contribution in [0.4, 0.5) is 0 Å². The molecule has 0 saturated carbocycles. The summed E-state index contributed by atoms with van der Waals surface area (Å²) in [5, 5.41) is 0. The Balaban J connectivity index is 2.17. The Morgan fingerprint density at radius 2 is 1.72 bits per heavy atom. The maximum atomic E-state index is 5.83. The van der Waals surface area contributed by atoms with E-state index in [0.29, 0.717) is 19.0 Å². The highest BCUT2D eigenvalue weighted by atomic mass is 16.3. The number of hydrogen-bond acceptors (Lipinski definition) is 4. The SMILES string of the molecule is NCCCC(CCCN)c1nc2ccccc2o1. The molecule has 0 bridgehead atoms. The number of hydrogen-bond donors (Lipinski definition) is 2. The molecule has 0 atom stereocenters. The van der Waals surface area contributed by atoms with Crippen LogP contribution in [0.2, 0.25) is 0 Å². The average molecular weight is 247 g/mol. The molecule has 0 saturated heterocycles. The Hall–Kier alpha value is -1.39. The van der Waals surface area contributed by atoms with Crippen molar-refractivity contribution in [3.8, 4) is 0 Å². The summed E-state index contributed by atoms with van der Waals surface area (Å²) in [6, 6.07) is 7.87. The predicted molar refractivity (Wildman–Crippen MR) is 73.3 cm³/mol. The second-order valence-electron chi connectivity index (χ2n) is 4.58. The van der Waals surface area contributed by atoms with Gasteiger partial charge in [-0.05, 0) is 50.9 Å². The van der Waals surface area contributed by atoms with Gasteiger partial charge in [0.2, 0.25) is 0 Å². The third kappa shape index (κ3) is 3.09. The number of benzene rings is 1. The molecule has 0 fully saturated rings. The van der Waals surface area contributed by atoms with E-state index in [0.717, 1.165) is 42.7 Å². The highest BCUT2D eigenvalue weighted by molar-refractivity contribution is 5.72. The van der Waals surface area contributed by atoms with Gasteiger partial charge in [0.15, 0.2) is 11.5 Å². The standard InChI is InChI=1S/C14H21N3O/c15-9-3-5-11(6-4-10-16)14-17-12-7-1-2-8-13(12)18-14/h1-2,7-8,11H,3-6,9-10,15-16H2. The molecule has 0 aliphatic rings. The lowest BCUT2D eigenvalue weighted by Crippen LogP contribution is -2.07. The van der Waals surface area contributed by atoms with Crippen LogP contribution in [-0.4, -0.2) is 18.1 Å². The summed E-state index contributed by atoms with van der Waals surface area (Å²) >= 11 is 0. The zero-order chi connectivity index (χ0) is 12.8. The summed E-state index contributed by atoms with van der Waals surface area (Å²) in [5.41, 5.74) is 13.0. The van der Waals surface area contributed by atoms with Gasteiger partial charge < -0.3 is 15.9 Å². The first-order valence-corrected chi connectivity index (χ1v) is 6.60. The van der Waals surface area contributed by atoms with E-state index in [-0.39, 0.29) is 0 Å². The van der Waals surface area contributed by atoms with E-state index in [2.05, 4.69) is 4.98 Å². The number of para-hydroxylation sites is 2. The maximum Gasteiger partial charge on any atom is 0.198 e. The van der Waals surface area contributed by atoms with Crippen LogP contribution >= 0.6 is 0 Å². The second kappa shape index (κ2) is 6.52. The molecule has 4 heteroatoms. The molecule has 2 aromatic rings. The highest BCUT2D eigenvalue weighted by Crippen LogP contribution is 2.28. The third-order valence-corrected chi connectivity index (χ3v) is 3.17. The van der Waals surface area contributed by atoms with E-state index in [1.807, 2.05) is 24.3 Å². The molecule has 0 aliphatic carbocycles. The summed E-state index contributed by atoms with van der Waals surface area (Å²) in [6.07, 6.45) is 4.02. The Morgan fingerprint density at radius 3 is 2.33 bits per heavy atom. The van der Waals surface area contributed by atoms with E-state index < -0.39 is 0 Å². The van der Waals surface area contributed by atoms with Crippen LogP contribution in [0.15, 0.2) is 28.7 Å². The van der Waals surface area contributed by atoms with Gasteiger partial charge in [0, 0.05) is 5.92 Å². The minimum atomic E-state index is 0.337. The topological polar surface area (TPSA) is 78.1 Å². The molecule has 0 unspecified atom stereocenters. The van der Waals surface area contributed by atoms with E-state index in [9.17, 15) is 0 Å². The lowest BCUT2D eigenvalue weighted by Gasteiger charge is -2.11. The fourth-order valence-electron chi connectivity index (χ4n) is 2.18. The summed E-state index contributed by atoms with van der Waals surface area (Å²) in [6.45, 7) is 1.42. The number of aromatic nitrogens is 1. The first-order chi connectivity index (χ1) is 8.85. The summed E-state index contributed by atoms with van der Waals surface area (Å²) < 4.78 is 5.83. The molecular formula is C14H21N3O.